The molecule has 1 fully saturated rings. The molecule has 7 nitrogen and oxygen atoms in total. The lowest BCUT2D eigenvalue weighted by atomic mass is 9.84. The molecule has 26 heavy (non-hydrogen) atoms. The zero-order valence-corrected chi connectivity index (χ0v) is 15.2. The molecule has 1 N–H and O–H groups in total. The van der Waals surface area contributed by atoms with Crippen molar-refractivity contribution in [3.05, 3.63) is 28.4 Å². The van der Waals surface area contributed by atoms with Crippen molar-refractivity contribution in [2.75, 3.05) is 0 Å². The predicted molar refractivity (Wildman–Crippen MR) is 96.6 cm³/mol. The zero-order chi connectivity index (χ0) is 18.4. The van der Waals surface area contributed by atoms with E-state index < -0.39 is 0 Å². The third kappa shape index (κ3) is 5.09. The minimum atomic E-state index is -0.283. The van der Waals surface area contributed by atoms with Gasteiger partial charge in [-0.2, -0.15) is 10.1 Å². The fourth-order valence-electron chi connectivity index (χ4n) is 3.76. The highest BCUT2D eigenvalue weighted by molar-refractivity contribution is 5.76. The average molecular weight is 358 g/mol. The molecule has 1 unspecified atom stereocenters. The third-order valence-electron chi connectivity index (χ3n) is 5.12. The molecule has 0 aliphatic heterocycles. The van der Waals surface area contributed by atoms with Crippen molar-refractivity contribution in [3.8, 4) is 11.5 Å². The predicted octanol–water partition coefficient (Wildman–Crippen LogP) is 3.63. The fraction of sp³-hybridized carbons (Fsp3) is 0.632. The van der Waals surface area contributed by atoms with Crippen molar-refractivity contribution >= 4 is 5.78 Å². The molecule has 2 heterocycles. The molecule has 140 valence electrons. The number of ketones is 1. The number of nitrogens with one attached hydrogen (secondary N) is 1. The summed E-state index contributed by atoms with van der Waals surface area (Å²) in [4.78, 5) is 27.2. The molecule has 1 aliphatic carbocycles. The molecule has 2 aromatic rings. The van der Waals surface area contributed by atoms with E-state index in [4.69, 9.17) is 4.52 Å². The average Bonchev–Trinajstić information content (AvgIpc) is 3.12. The molecular weight excluding hydrogens is 332 g/mol. The summed E-state index contributed by atoms with van der Waals surface area (Å²) in [5.41, 5.74) is 0.165. The number of rotatable bonds is 8. The molecule has 7 heteroatoms. The van der Waals surface area contributed by atoms with E-state index in [9.17, 15) is 9.59 Å². The summed E-state index contributed by atoms with van der Waals surface area (Å²) in [5.74, 6) is 1.70. The van der Waals surface area contributed by atoms with Gasteiger partial charge in [-0.3, -0.25) is 4.79 Å². The Morgan fingerprint density at radius 1 is 1.31 bits per heavy atom. The highest BCUT2D eigenvalue weighted by Gasteiger charge is 2.22. The summed E-state index contributed by atoms with van der Waals surface area (Å²) in [5, 5.41) is 10.2. The van der Waals surface area contributed by atoms with Crippen LogP contribution in [0.3, 0.4) is 0 Å². The van der Waals surface area contributed by atoms with Gasteiger partial charge in [0, 0.05) is 18.4 Å². The number of nitrogens with zero attached hydrogens (tertiary/aromatic N) is 3. The number of hydrogen-bond donors (Lipinski definition) is 1. The normalized spacial score (nSPS) is 16.5. The summed E-state index contributed by atoms with van der Waals surface area (Å²) in [6.45, 7) is 1.59. The van der Waals surface area contributed by atoms with Gasteiger partial charge in [0.15, 0.2) is 0 Å². The van der Waals surface area contributed by atoms with E-state index >= 15 is 0 Å². The van der Waals surface area contributed by atoms with Crippen molar-refractivity contribution in [2.24, 2.45) is 5.92 Å². The summed E-state index contributed by atoms with van der Waals surface area (Å²) < 4.78 is 5.41. The van der Waals surface area contributed by atoms with Crippen LogP contribution in [0.15, 0.2) is 21.5 Å². The lowest BCUT2D eigenvalue weighted by molar-refractivity contribution is -0.117. The van der Waals surface area contributed by atoms with Gasteiger partial charge in [0.25, 0.3) is 5.56 Å². The first kappa shape index (κ1) is 18.5. The first-order chi connectivity index (χ1) is 12.6. The standard InChI is InChI=1S/C19H26N4O3/c1-13(24)12-15(9-5-8-14-6-3-2-4-7-14)19-20-18(23-26-19)16-10-11-17(25)22-21-16/h10-11,14-15H,2-9,12H2,1H3,(H,22,25). The second-order valence-electron chi connectivity index (χ2n) is 7.30. The van der Waals surface area contributed by atoms with Crippen LogP contribution in [-0.4, -0.2) is 26.1 Å². The molecule has 0 aromatic carbocycles. The molecular formula is C19H26N4O3. The Bertz CT molecular complexity index is 757. The van der Waals surface area contributed by atoms with Crippen LogP contribution in [0.2, 0.25) is 0 Å². The maximum Gasteiger partial charge on any atom is 0.264 e. The Balaban J connectivity index is 1.64. The van der Waals surface area contributed by atoms with Crippen LogP contribution in [0.4, 0.5) is 0 Å². The summed E-state index contributed by atoms with van der Waals surface area (Å²) >= 11 is 0. The van der Waals surface area contributed by atoms with Crippen molar-refractivity contribution in [2.45, 2.75) is 70.6 Å². The number of H-pyrrole nitrogens is 1. The first-order valence-corrected chi connectivity index (χ1v) is 9.51. The lowest BCUT2D eigenvalue weighted by Crippen LogP contribution is -2.09. The maximum atomic E-state index is 11.7. The number of aromatic nitrogens is 4. The van der Waals surface area contributed by atoms with E-state index in [1.807, 2.05) is 0 Å². The number of aromatic amines is 1. The van der Waals surface area contributed by atoms with Gasteiger partial charge in [0.1, 0.15) is 11.5 Å². The lowest BCUT2D eigenvalue weighted by Gasteiger charge is -2.22. The molecule has 3 rings (SSSR count). The Labute approximate surface area is 152 Å². The number of carbonyl (C=O) groups excluding carboxylic acids is 1. The summed E-state index contributed by atoms with van der Waals surface area (Å²) in [6.07, 6.45) is 10.3. The van der Waals surface area contributed by atoms with E-state index in [2.05, 4.69) is 20.3 Å². The molecule has 1 atom stereocenters. The zero-order valence-electron chi connectivity index (χ0n) is 15.2. The molecule has 0 spiro atoms. The smallest absolute Gasteiger partial charge is 0.264 e. The Kier molecular flexibility index (Phi) is 6.30. The van der Waals surface area contributed by atoms with Gasteiger partial charge in [-0.15, -0.1) is 0 Å². The van der Waals surface area contributed by atoms with E-state index in [1.54, 1.807) is 13.0 Å². The molecule has 0 saturated heterocycles. The van der Waals surface area contributed by atoms with Gasteiger partial charge in [-0.25, -0.2) is 5.10 Å². The monoisotopic (exact) mass is 358 g/mol. The Morgan fingerprint density at radius 3 is 2.81 bits per heavy atom. The van der Waals surface area contributed by atoms with Crippen LogP contribution in [0.5, 0.6) is 0 Å². The first-order valence-electron chi connectivity index (χ1n) is 9.51. The van der Waals surface area contributed by atoms with Gasteiger partial charge in [0.2, 0.25) is 11.7 Å². The number of carbonyl (C=O) groups is 1. The van der Waals surface area contributed by atoms with Crippen molar-refractivity contribution in [1.82, 2.24) is 20.3 Å². The molecule has 0 radical (unpaired) electrons. The highest BCUT2D eigenvalue weighted by atomic mass is 16.5. The third-order valence-corrected chi connectivity index (χ3v) is 5.12. The van der Waals surface area contributed by atoms with Crippen molar-refractivity contribution < 1.29 is 9.32 Å². The van der Waals surface area contributed by atoms with Crippen LogP contribution < -0.4 is 5.56 Å². The number of Topliss-reactive ketones (excluding diaryl/α,β-unsaturated/α-hetero) is 1. The molecule has 0 amide bonds. The second kappa shape index (κ2) is 8.87. The van der Waals surface area contributed by atoms with Gasteiger partial charge in [0.05, 0.1) is 0 Å². The molecule has 1 aliphatic rings. The Hall–Kier alpha value is -2.31. The van der Waals surface area contributed by atoms with Crippen LogP contribution in [0, 0.1) is 5.92 Å². The second-order valence-corrected chi connectivity index (χ2v) is 7.30. The van der Waals surface area contributed by atoms with Crippen molar-refractivity contribution in [3.63, 3.8) is 0 Å². The van der Waals surface area contributed by atoms with Crippen LogP contribution in [-0.2, 0) is 4.79 Å². The van der Waals surface area contributed by atoms with Crippen LogP contribution in [0.25, 0.3) is 11.5 Å². The van der Waals surface area contributed by atoms with E-state index in [1.165, 1.54) is 44.6 Å². The summed E-state index contributed by atoms with van der Waals surface area (Å²) in [6, 6.07) is 2.92. The van der Waals surface area contributed by atoms with Gasteiger partial charge >= 0.3 is 0 Å². The fourth-order valence-corrected chi connectivity index (χ4v) is 3.76. The minimum absolute atomic E-state index is 0.0555. The molecule has 2 aromatic heterocycles. The van der Waals surface area contributed by atoms with Crippen molar-refractivity contribution in [1.29, 1.82) is 0 Å². The van der Waals surface area contributed by atoms with Gasteiger partial charge in [-0.05, 0) is 25.3 Å². The van der Waals surface area contributed by atoms with E-state index in [0.717, 1.165) is 18.8 Å². The van der Waals surface area contributed by atoms with Crippen LogP contribution in [0.1, 0.15) is 76.5 Å². The SMILES string of the molecule is CC(=O)CC(CCCC1CCCCC1)c1nc(-c2ccc(=O)[nH]n2)no1. The number of hydrogen-bond acceptors (Lipinski definition) is 6. The van der Waals surface area contributed by atoms with E-state index in [0.29, 0.717) is 23.8 Å². The minimum Gasteiger partial charge on any atom is -0.339 e. The van der Waals surface area contributed by atoms with Gasteiger partial charge in [-0.1, -0.05) is 50.1 Å². The summed E-state index contributed by atoms with van der Waals surface area (Å²) in [7, 11) is 0. The topological polar surface area (TPSA) is 102 Å². The molecule has 1 saturated carbocycles. The van der Waals surface area contributed by atoms with Gasteiger partial charge < -0.3 is 9.32 Å². The maximum absolute atomic E-state index is 11.7. The Morgan fingerprint density at radius 2 is 2.12 bits per heavy atom. The quantitative estimate of drug-likeness (QED) is 0.773. The van der Waals surface area contributed by atoms with Crippen LogP contribution >= 0.6 is 0 Å². The van der Waals surface area contributed by atoms with E-state index in [-0.39, 0.29) is 17.3 Å². The molecule has 0 bridgehead atoms. The largest absolute Gasteiger partial charge is 0.339 e. The highest BCUT2D eigenvalue weighted by Crippen LogP contribution is 2.31.